The lowest BCUT2D eigenvalue weighted by atomic mass is 9.97. The maximum absolute atomic E-state index is 13.5. The summed E-state index contributed by atoms with van der Waals surface area (Å²) in [5, 5.41) is 0. The van der Waals surface area contributed by atoms with Gasteiger partial charge < -0.3 is 4.74 Å². The Labute approximate surface area is 106 Å². The normalized spacial score (nSPS) is 15.7. The van der Waals surface area contributed by atoms with Crippen LogP contribution < -0.4 is 0 Å². The summed E-state index contributed by atoms with van der Waals surface area (Å²) in [5.41, 5.74) is -1.44. The van der Waals surface area contributed by atoms with Gasteiger partial charge in [0.15, 0.2) is 5.78 Å². The van der Waals surface area contributed by atoms with Crippen LogP contribution >= 0.6 is 0 Å². The third kappa shape index (κ3) is 2.94. The van der Waals surface area contributed by atoms with E-state index in [2.05, 4.69) is 0 Å². The zero-order chi connectivity index (χ0) is 14.0. The first-order chi connectivity index (χ1) is 8.89. The number of halogens is 4. The van der Waals surface area contributed by atoms with Gasteiger partial charge in [-0.1, -0.05) is 0 Å². The van der Waals surface area contributed by atoms with Crippen LogP contribution in [0.3, 0.4) is 0 Å². The number of hydrogen-bond acceptors (Lipinski definition) is 2. The van der Waals surface area contributed by atoms with E-state index in [0.717, 1.165) is 0 Å². The fraction of sp³-hybridized carbons (Fsp3) is 0.308. The van der Waals surface area contributed by atoms with Crippen LogP contribution in [0.2, 0.25) is 0 Å². The maximum atomic E-state index is 13.5. The highest BCUT2D eigenvalue weighted by Gasteiger charge is 2.32. The molecule has 0 saturated carbocycles. The van der Waals surface area contributed by atoms with Crippen LogP contribution in [0.1, 0.15) is 28.8 Å². The van der Waals surface area contributed by atoms with Crippen molar-refractivity contribution in [1.82, 2.24) is 0 Å². The molecule has 0 saturated heterocycles. The number of hydrogen-bond donors (Lipinski definition) is 0. The number of allylic oxidation sites excluding steroid dienone is 1. The lowest BCUT2D eigenvalue weighted by Gasteiger charge is -2.14. The molecule has 19 heavy (non-hydrogen) atoms. The van der Waals surface area contributed by atoms with Crippen molar-refractivity contribution in [1.29, 1.82) is 0 Å². The molecule has 6 heteroatoms. The number of ether oxygens (including phenoxy) is 1. The second kappa shape index (κ2) is 5.03. The third-order valence-corrected chi connectivity index (χ3v) is 2.76. The van der Waals surface area contributed by atoms with Gasteiger partial charge >= 0.3 is 6.18 Å². The summed E-state index contributed by atoms with van der Waals surface area (Å²) in [6, 6.07) is 1.80. The second-order valence-corrected chi connectivity index (χ2v) is 4.14. The van der Waals surface area contributed by atoms with Crippen molar-refractivity contribution in [2.45, 2.75) is 19.0 Å². The summed E-state index contributed by atoms with van der Waals surface area (Å²) in [4.78, 5) is 11.9. The molecule has 2 rings (SSSR count). The van der Waals surface area contributed by atoms with Crippen LogP contribution in [-0.4, -0.2) is 12.4 Å². The number of Topliss-reactive ketones (excluding diaryl/α,β-unsaturated/α-hetero) is 1. The number of ketones is 1. The predicted octanol–water partition coefficient (Wildman–Crippen LogP) is 3.72. The molecule has 0 N–H and O–H groups in total. The molecule has 1 aromatic carbocycles. The number of rotatable bonds is 2. The van der Waals surface area contributed by atoms with E-state index >= 15 is 0 Å². The zero-order valence-corrected chi connectivity index (χ0v) is 9.76. The Bertz CT molecular complexity index is 532. The molecule has 0 radical (unpaired) electrons. The molecule has 0 aliphatic carbocycles. The van der Waals surface area contributed by atoms with Crippen molar-refractivity contribution in [2.75, 3.05) is 6.61 Å². The Morgan fingerprint density at radius 2 is 2.00 bits per heavy atom. The lowest BCUT2D eigenvalue weighted by Crippen LogP contribution is -2.13. The van der Waals surface area contributed by atoms with Crippen molar-refractivity contribution in [3.8, 4) is 0 Å². The minimum absolute atomic E-state index is 0.185. The van der Waals surface area contributed by atoms with Gasteiger partial charge in [0.2, 0.25) is 0 Å². The highest BCUT2D eigenvalue weighted by atomic mass is 19.4. The van der Waals surface area contributed by atoms with Gasteiger partial charge in [-0.3, -0.25) is 4.79 Å². The molecular weight excluding hydrogens is 264 g/mol. The van der Waals surface area contributed by atoms with Crippen LogP contribution in [0.5, 0.6) is 0 Å². The molecular formula is C13H10F4O2. The molecule has 0 bridgehead atoms. The van der Waals surface area contributed by atoms with Crippen LogP contribution in [0.4, 0.5) is 17.6 Å². The quantitative estimate of drug-likeness (QED) is 0.607. The van der Waals surface area contributed by atoms with E-state index < -0.39 is 28.9 Å². The van der Waals surface area contributed by atoms with E-state index in [9.17, 15) is 22.4 Å². The van der Waals surface area contributed by atoms with Crippen LogP contribution in [0.15, 0.2) is 30.0 Å². The molecule has 102 valence electrons. The van der Waals surface area contributed by atoms with Gasteiger partial charge in [0.1, 0.15) is 5.82 Å². The first kappa shape index (κ1) is 13.6. The van der Waals surface area contributed by atoms with Gasteiger partial charge in [0.25, 0.3) is 0 Å². The summed E-state index contributed by atoms with van der Waals surface area (Å²) in [6.45, 7) is 0.446. The topological polar surface area (TPSA) is 26.3 Å². The summed E-state index contributed by atoms with van der Waals surface area (Å²) < 4.78 is 56.0. The van der Waals surface area contributed by atoms with E-state index in [1.54, 1.807) is 0 Å². The zero-order valence-electron chi connectivity index (χ0n) is 9.76. The van der Waals surface area contributed by atoms with E-state index in [4.69, 9.17) is 4.74 Å². The van der Waals surface area contributed by atoms with Gasteiger partial charge in [-0.15, -0.1) is 0 Å². The van der Waals surface area contributed by atoms with Crippen LogP contribution in [-0.2, 0) is 10.9 Å². The molecule has 1 heterocycles. The van der Waals surface area contributed by atoms with Gasteiger partial charge in [0.05, 0.1) is 24.0 Å². The van der Waals surface area contributed by atoms with Gasteiger partial charge in [-0.2, -0.15) is 13.2 Å². The average molecular weight is 274 g/mol. The molecule has 0 fully saturated rings. The molecule has 1 aliphatic heterocycles. The third-order valence-electron chi connectivity index (χ3n) is 2.76. The monoisotopic (exact) mass is 274 g/mol. The predicted molar refractivity (Wildman–Crippen MR) is 59.0 cm³/mol. The van der Waals surface area contributed by atoms with Gasteiger partial charge in [0, 0.05) is 5.57 Å². The van der Waals surface area contributed by atoms with Crippen molar-refractivity contribution < 1.29 is 27.1 Å². The first-order valence-electron chi connectivity index (χ1n) is 5.61. The summed E-state index contributed by atoms with van der Waals surface area (Å²) in [7, 11) is 0. The van der Waals surface area contributed by atoms with Crippen LogP contribution in [0, 0.1) is 5.82 Å². The molecule has 1 aromatic rings. The molecule has 0 amide bonds. The van der Waals surface area contributed by atoms with Crippen molar-refractivity contribution in [3.05, 3.63) is 47.0 Å². The van der Waals surface area contributed by atoms with E-state index in [-0.39, 0.29) is 5.57 Å². The lowest BCUT2D eigenvalue weighted by molar-refractivity contribution is -0.137. The van der Waals surface area contributed by atoms with Crippen LogP contribution in [0.25, 0.3) is 0 Å². The highest BCUT2D eigenvalue weighted by molar-refractivity contribution is 6.08. The first-order valence-corrected chi connectivity index (χ1v) is 5.61. The minimum atomic E-state index is -4.61. The summed E-state index contributed by atoms with van der Waals surface area (Å²) >= 11 is 0. The maximum Gasteiger partial charge on any atom is 0.416 e. The van der Waals surface area contributed by atoms with E-state index in [0.29, 0.717) is 37.6 Å². The molecule has 1 aliphatic rings. The molecule has 0 aromatic heterocycles. The Kier molecular flexibility index (Phi) is 3.59. The molecule has 0 spiro atoms. The van der Waals surface area contributed by atoms with Crippen molar-refractivity contribution in [2.24, 2.45) is 0 Å². The smallest absolute Gasteiger partial charge is 0.416 e. The Hall–Kier alpha value is -1.85. The number of carbonyl (C=O) groups excluding carboxylic acids is 1. The Morgan fingerprint density at radius 1 is 1.26 bits per heavy atom. The Morgan fingerprint density at radius 3 is 2.58 bits per heavy atom. The van der Waals surface area contributed by atoms with Crippen molar-refractivity contribution >= 4 is 5.78 Å². The fourth-order valence-electron chi connectivity index (χ4n) is 1.78. The van der Waals surface area contributed by atoms with E-state index in [1.807, 2.05) is 0 Å². The SMILES string of the molecule is O=C(C1=COCCC1)c1cc(C(F)(F)F)ccc1F. The van der Waals surface area contributed by atoms with Crippen molar-refractivity contribution in [3.63, 3.8) is 0 Å². The molecule has 2 nitrogen and oxygen atoms in total. The number of alkyl halides is 3. The largest absolute Gasteiger partial charge is 0.501 e. The standard InChI is InChI=1S/C13H10F4O2/c14-11-4-3-9(13(15,16)17)6-10(11)12(18)8-2-1-5-19-7-8/h3-4,6-7H,1-2,5H2. The number of carbonyl (C=O) groups is 1. The second-order valence-electron chi connectivity index (χ2n) is 4.14. The van der Waals surface area contributed by atoms with Gasteiger partial charge in [-0.05, 0) is 31.0 Å². The molecule has 0 atom stereocenters. The molecule has 0 unspecified atom stereocenters. The summed E-state index contributed by atoms with van der Waals surface area (Å²) in [5.74, 6) is -1.73. The highest BCUT2D eigenvalue weighted by Crippen LogP contribution is 2.31. The van der Waals surface area contributed by atoms with E-state index in [1.165, 1.54) is 6.26 Å². The summed E-state index contributed by atoms with van der Waals surface area (Å²) in [6.07, 6.45) is -2.47. The fourth-order valence-corrected chi connectivity index (χ4v) is 1.78. The average Bonchev–Trinajstić information content (AvgIpc) is 2.38. The number of benzene rings is 1. The Balaban J connectivity index is 2.38. The van der Waals surface area contributed by atoms with Gasteiger partial charge in [-0.25, -0.2) is 4.39 Å². The minimum Gasteiger partial charge on any atom is -0.501 e.